The second kappa shape index (κ2) is 6.06. The first kappa shape index (κ1) is 11.6. The van der Waals surface area contributed by atoms with Crippen LogP contribution in [0.5, 0.6) is 0 Å². The van der Waals surface area contributed by atoms with Crippen molar-refractivity contribution in [1.29, 1.82) is 5.26 Å². The molecule has 78 valence electrons. The molecular formula is C13H9NO2. The molecule has 0 N–H and O–H groups in total. The smallest absolute Gasteiger partial charge is 0.349 e. The van der Waals surface area contributed by atoms with Gasteiger partial charge >= 0.3 is 5.97 Å². The Hall–Kier alpha value is -2.52. The largest absolute Gasteiger partial charge is 0.448 e. The molecular weight excluding hydrogens is 202 g/mol. The molecule has 0 aliphatic rings. The summed E-state index contributed by atoms with van der Waals surface area (Å²) in [7, 11) is 0. The van der Waals surface area contributed by atoms with Crippen LogP contribution < -0.4 is 0 Å². The van der Waals surface area contributed by atoms with E-state index in [9.17, 15) is 4.79 Å². The summed E-state index contributed by atoms with van der Waals surface area (Å²) in [4.78, 5) is 11.0. The lowest BCUT2D eigenvalue weighted by Gasteiger charge is -1.95. The summed E-state index contributed by atoms with van der Waals surface area (Å²) in [6.07, 6.45) is 0. The molecule has 1 rings (SSSR count). The fourth-order valence-corrected chi connectivity index (χ4v) is 0.894. The molecule has 0 spiro atoms. The summed E-state index contributed by atoms with van der Waals surface area (Å²) in [5, 5.41) is 8.35. The van der Waals surface area contributed by atoms with Crippen molar-refractivity contribution < 1.29 is 9.53 Å². The van der Waals surface area contributed by atoms with Crippen LogP contribution in [0.25, 0.3) is 0 Å². The van der Waals surface area contributed by atoms with E-state index in [1.54, 1.807) is 6.07 Å². The second-order valence-corrected chi connectivity index (χ2v) is 2.83. The molecule has 0 atom stereocenters. The highest BCUT2D eigenvalue weighted by molar-refractivity contribution is 5.91. The molecule has 0 fully saturated rings. The van der Waals surface area contributed by atoms with E-state index in [0.717, 1.165) is 5.56 Å². The van der Waals surface area contributed by atoms with E-state index in [-0.39, 0.29) is 12.2 Å². The van der Waals surface area contributed by atoms with Crippen LogP contribution in [-0.2, 0) is 9.53 Å². The molecule has 0 aromatic heterocycles. The highest BCUT2D eigenvalue weighted by Gasteiger charge is 2.04. The van der Waals surface area contributed by atoms with Gasteiger partial charge in [0.05, 0.1) is 0 Å². The summed E-state index contributed by atoms with van der Waals surface area (Å²) in [5.41, 5.74) is 0.624. The maximum atomic E-state index is 11.0. The number of nitriles is 1. The third-order valence-electron chi connectivity index (χ3n) is 1.66. The fraction of sp³-hybridized carbons (Fsp3) is 0.0769. The summed E-state index contributed by atoms with van der Waals surface area (Å²) >= 11 is 0. The number of carbonyl (C=O) groups is 1. The SMILES string of the molecule is C=C(C#N)C(=O)OCC#Cc1ccccc1. The lowest BCUT2D eigenvalue weighted by Crippen LogP contribution is -2.05. The third-order valence-corrected chi connectivity index (χ3v) is 1.66. The second-order valence-electron chi connectivity index (χ2n) is 2.83. The van der Waals surface area contributed by atoms with Crippen LogP contribution in [0.3, 0.4) is 0 Å². The molecule has 0 saturated carbocycles. The number of rotatable bonds is 2. The fourth-order valence-electron chi connectivity index (χ4n) is 0.894. The number of esters is 1. The van der Waals surface area contributed by atoms with Gasteiger partial charge in [0.1, 0.15) is 11.6 Å². The maximum Gasteiger partial charge on any atom is 0.349 e. The first-order valence-corrected chi connectivity index (χ1v) is 4.54. The highest BCUT2D eigenvalue weighted by Crippen LogP contribution is 1.95. The molecule has 0 bridgehead atoms. The minimum atomic E-state index is -0.732. The zero-order chi connectivity index (χ0) is 11.8. The maximum absolute atomic E-state index is 11.0. The zero-order valence-corrected chi connectivity index (χ0v) is 8.56. The van der Waals surface area contributed by atoms with Gasteiger partial charge in [-0.3, -0.25) is 0 Å². The van der Waals surface area contributed by atoms with Crippen molar-refractivity contribution in [3.63, 3.8) is 0 Å². The molecule has 3 nitrogen and oxygen atoms in total. The van der Waals surface area contributed by atoms with E-state index >= 15 is 0 Å². The Morgan fingerprint density at radius 1 is 1.38 bits per heavy atom. The minimum Gasteiger partial charge on any atom is -0.448 e. The lowest BCUT2D eigenvalue weighted by atomic mass is 10.2. The molecule has 0 aliphatic heterocycles. The van der Waals surface area contributed by atoms with E-state index in [1.165, 1.54) is 0 Å². The van der Waals surface area contributed by atoms with Gasteiger partial charge in [-0.05, 0) is 12.1 Å². The molecule has 0 unspecified atom stereocenters. The molecule has 1 aromatic carbocycles. The van der Waals surface area contributed by atoms with E-state index in [2.05, 4.69) is 23.2 Å². The van der Waals surface area contributed by atoms with E-state index in [0.29, 0.717) is 0 Å². The Labute approximate surface area is 94.0 Å². The Morgan fingerprint density at radius 2 is 2.06 bits per heavy atom. The molecule has 0 radical (unpaired) electrons. The number of hydrogen-bond donors (Lipinski definition) is 0. The van der Waals surface area contributed by atoms with Crippen LogP contribution in [0.15, 0.2) is 42.5 Å². The molecule has 16 heavy (non-hydrogen) atoms. The Bertz CT molecular complexity index is 486. The van der Waals surface area contributed by atoms with Crippen molar-refractivity contribution in [3.05, 3.63) is 48.0 Å². The molecule has 1 aromatic rings. The standard InChI is InChI=1S/C13H9NO2/c1-11(10-14)13(15)16-9-5-8-12-6-3-2-4-7-12/h2-4,6-7H,1,9H2. The minimum absolute atomic E-state index is 0.0472. The average Bonchev–Trinajstić information content (AvgIpc) is 2.34. The van der Waals surface area contributed by atoms with E-state index in [1.807, 2.05) is 30.3 Å². The van der Waals surface area contributed by atoms with Crippen LogP contribution in [0.4, 0.5) is 0 Å². The molecule has 0 aliphatic carbocycles. The lowest BCUT2D eigenvalue weighted by molar-refractivity contribution is -0.137. The van der Waals surface area contributed by atoms with Crippen molar-refractivity contribution in [2.24, 2.45) is 0 Å². The van der Waals surface area contributed by atoms with E-state index < -0.39 is 5.97 Å². The van der Waals surface area contributed by atoms with Gasteiger partial charge in [0.15, 0.2) is 6.61 Å². The number of benzene rings is 1. The number of ether oxygens (including phenoxy) is 1. The first-order valence-electron chi connectivity index (χ1n) is 4.54. The quantitative estimate of drug-likeness (QED) is 0.323. The van der Waals surface area contributed by atoms with Crippen molar-refractivity contribution in [1.82, 2.24) is 0 Å². The van der Waals surface area contributed by atoms with Crippen molar-refractivity contribution in [2.75, 3.05) is 6.61 Å². The van der Waals surface area contributed by atoms with Crippen LogP contribution in [0.1, 0.15) is 5.56 Å². The van der Waals surface area contributed by atoms with Gasteiger partial charge in [0, 0.05) is 5.56 Å². The predicted octanol–water partition coefficient (Wildman–Crippen LogP) is 1.66. The monoisotopic (exact) mass is 211 g/mol. The number of carbonyl (C=O) groups excluding carboxylic acids is 1. The van der Waals surface area contributed by atoms with Crippen molar-refractivity contribution in [3.8, 4) is 17.9 Å². The Balaban J connectivity index is 2.43. The van der Waals surface area contributed by atoms with Gasteiger partial charge in [-0.25, -0.2) is 4.79 Å². The highest BCUT2D eigenvalue weighted by atomic mass is 16.5. The van der Waals surface area contributed by atoms with Crippen LogP contribution in [0.2, 0.25) is 0 Å². The molecule has 0 heterocycles. The van der Waals surface area contributed by atoms with Crippen LogP contribution in [0, 0.1) is 23.2 Å². The van der Waals surface area contributed by atoms with Crippen molar-refractivity contribution in [2.45, 2.75) is 0 Å². The van der Waals surface area contributed by atoms with Gasteiger partial charge in [-0.15, -0.1) is 0 Å². The molecule has 3 heteroatoms. The topological polar surface area (TPSA) is 50.1 Å². The molecule has 0 saturated heterocycles. The third kappa shape index (κ3) is 3.69. The summed E-state index contributed by atoms with van der Waals surface area (Å²) in [5.74, 6) is 4.75. The number of nitrogens with zero attached hydrogens (tertiary/aromatic N) is 1. The van der Waals surface area contributed by atoms with Crippen LogP contribution in [-0.4, -0.2) is 12.6 Å². The zero-order valence-electron chi connectivity index (χ0n) is 8.56. The summed E-state index contributed by atoms with van der Waals surface area (Å²) < 4.78 is 4.68. The van der Waals surface area contributed by atoms with Gasteiger partial charge in [-0.1, -0.05) is 36.6 Å². The van der Waals surface area contributed by atoms with Gasteiger partial charge < -0.3 is 4.74 Å². The van der Waals surface area contributed by atoms with Gasteiger partial charge in [0.2, 0.25) is 0 Å². The Kier molecular flexibility index (Phi) is 4.37. The predicted molar refractivity (Wildman–Crippen MR) is 59.0 cm³/mol. The summed E-state index contributed by atoms with van der Waals surface area (Å²) in [6, 6.07) is 10.9. The van der Waals surface area contributed by atoms with E-state index in [4.69, 9.17) is 5.26 Å². The van der Waals surface area contributed by atoms with Crippen LogP contribution >= 0.6 is 0 Å². The first-order chi connectivity index (χ1) is 7.74. The number of hydrogen-bond acceptors (Lipinski definition) is 3. The average molecular weight is 211 g/mol. The molecule has 0 amide bonds. The van der Waals surface area contributed by atoms with Crippen molar-refractivity contribution >= 4 is 5.97 Å². The van der Waals surface area contributed by atoms with Gasteiger partial charge in [0.25, 0.3) is 0 Å². The van der Waals surface area contributed by atoms with Gasteiger partial charge in [-0.2, -0.15) is 5.26 Å². The summed E-state index contributed by atoms with van der Waals surface area (Å²) in [6.45, 7) is 3.18. The Morgan fingerprint density at radius 3 is 2.69 bits per heavy atom. The normalized spacial score (nSPS) is 8.19.